The van der Waals surface area contributed by atoms with Crippen molar-refractivity contribution in [2.45, 2.75) is 68.7 Å². The summed E-state index contributed by atoms with van der Waals surface area (Å²) >= 11 is 1.85. The van der Waals surface area contributed by atoms with Gasteiger partial charge in [0, 0.05) is 42.5 Å². The van der Waals surface area contributed by atoms with E-state index in [4.69, 9.17) is 0 Å². The molecule has 10 nitrogen and oxygen atoms in total. The molecule has 0 bridgehead atoms. The highest BCUT2D eigenvalue weighted by Crippen LogP contribution is 2.33. The summed E-state index contributed by atoms with van der Waals surface area (Å²) in [4.78, 5) is 59.1. The first kappa shape index (κ1) is 23.1. The van der Waals surface area contributed by atoms with E-state index in [-0.39, 0.29) is 48.2 Å². The zero-order valence-electron chi connectivity index (χ0n) is 17.4. The van der Waals surface area contributed by atoms with Gasteiger partial charge >= 0.3 is 6.03 Å². The first-order valence-corrected chi connectivity index (χ1v) is 11.8. The predicted molar refractivity (Wildman–Crippen MR) is 115 cm³/mol. The first-order valence-electron chi connectivity index (χ1n) is 10.7. The quantitative estimate of drug-likeness (QED) is 0.155. The van der Waals surface area contributed by atoms with E-state index < -0.39 is 0 Å². The molecular weight excluding hydrogens is 422 g/mol. The minimum absolute atomic E-state index is 0.0930. The van der Waals surface area contributed by atoms with Gasteiger partial charge in [0.25, 0.3) is 11.8 Å². The lowest BCUT2D eigenvalue weighted by atomic mass is 10.0. The number of carbonyl (C=O) groups excluding carboxylic acids is 5. The molecule has 0 radical (unpaired) electrons. The van der Waals surface area contributed by atoms with E-state index in [2.05, 4.69) is 21.5 Å². The summed E-state index contributed by atoms with van der Waals surface area (Å²) in [5.74, 6) is -0.148. The zero-order chi connectivity index (χ0) is 22.2. The highest BCUT2D eigenvalue weighted by atomic mass is 32.2. The fourth-order valence-electron chi connectivity index (χ4n) is 3.92. The van der Waals surface area contributed by atoms with E-state index in [9.17, 15) is 24.0 Å². The van der Waals surface area contributed by atoms with E-state index in [1.54, 1.807) is 0 Å². The van der Waals surface area contributed by atoms with E-state index in [1.807, 2.05) is 11.8 Å². The fraction of sp³-hybridized carbons (Fsp3) is 0.650. The van der Waals surface area contributed by atoms with Crippen molar-refractivity contribution in [1.29, 1.82) is 0 Å². The highest BCUT2D eigenvalue weighted by Gasteiger charge is 2.42. The SMILES string of the molecule is O=C(CCCCCN1C(=O)C=CC1=O)NNC(=O)CCCC[C@@H]1SCC2NC(=O)NC21. The van der Waals surface area contributed by atoms with Crippen molar-refractivity contribution in [3.05, 3.63) is 12.2 Å². The molecule has 3 heterocycles. The minimum Gasteiger partial charge on any atom is -0.332 e. The molecule has 0 aromatic rings. The van der Waals surface area contributed by atoms with E-state index in [0.29, 0.717) is 37.5 Å². The monoisotopic (exact) mass is 451 g/mol. The maximum atomic E-state index is 11.9. The molecular formula is C20H29N5O5S. The van der Waals surface area contributed by atoms with Crippen LogP contribution >= 0.6 is 11.8 Å². The Morgan fingerprint density at radius 1 is 0.935 bits per heavy atom. The summed E-state index contributed by atoms with van der Waals surface area (Å²) in [7, 11) is 0. The number of hydrogen-bond donors (Lipinski definition) is 4. The molecule has 2 fully saturated rings. The highest BCUT2D eigenvalue weighted by molar-refractivity contribution is 8.00. The molecule has 0 aromatic heterocycles. The van der Waals surface area contributed by atoms with Crippen molar-refractivity contribution in [3.8, 4) is 0 Å². The second-order valence-corrected chi connectivity index (χ2v) is 9.21. The summed E-state index contributed by atoms with van der Waals surface area (Å²) in [5, 5.41) is 6.25. The van der Waals surface area contributed by atoms with Gasteiger partial charge in [-0.05, 0) is 25.7 Å². The van der Waals surface area contributed by atoms with Crippen LogP contribution in [0.1, 0.15) is 51.4 Å². The van der Waals surface area contributed by atoms with Gasteiger partial charge in [-0.3, -0.25) is 34.9 Å². The topological polar surface area (TPSA) is 137 Å². The Morgan fingerprint density at radius 2 is 1.58 bits per heavy atom. The molecule has 31 heavy (non-hydrogen) atoms. The second kappa shape index (κ2) is 11.2. The van der Waals surface area contributed by atoms with Gasteiger partial charge in [-0.1, -0.05) is 12.8 Å². The molecule has 2 unspecified atom stereocenters. The summed E-state index contributed by atoms with van der Waals surface area (Å²) in [5.41, 5.74) is 4.85. The van der Waals surface area contributed by atoms with Crippen LogP contribution < -0.4 is 21.5 Å². The maximum Gasteiger partial charge on any atom is 0.315 e. The number of unbranched alkanes of at least 4 members (excludes halogenated alkanes) is 3. The number of urea groups is 1. The fourth-order valence-corrected chi connectivity index (χ4v) is 5.47. The van der Waals surface area contributed by atoms with Crippen LogP contribution in [0.15, 0.2) is 12.2 Å². The average Bonchev–Trinajstić information content (AvgIpc) is 3.39. The van der Waals surface area contributed by atoms with Crippen molar-refractivity contribution < 1.29 is 24.0 Å². The van der Waals surface area contributed by atoms with Crippen LogP contribution in [0.2, 0.25) is 0 Å². The van der Waals surface area contributed by atoms with Gasteiger partial charge < -0.3 is 10.6 Å². The Bertz CT molecular complexity index is 740. The van der Waals surface area contributed by atoms with Gasteiger partial charge in [0.05, 0.1) is 12.1 Å². The lowest BCUT2D eigenvalue weighted by molar-refractivity contribution is -0.137. The van der Waals surface area contributed by atoms with E-state index in [1.165, 1.54) is 17.1 Å². The number of thioether (sulfide) groups is 1. The lowest BCUT2D eigenvalue weighted by Gasteiger charge is -2.16. The molecule has 3 aliphatic heterocycles. The number of amides is 6. The Kier molecular flexibility index (Phi) is 8.33. The smallest absolute Gasteiger partial charge is 0.315 e. The Labute approximate surface area is 185 Å². The van der Waals surface area contributed by atoms with Gasteiger partial charge in [-0.15, -0.1) is 0 Å². The molecule has 11 heteroatoms. The van der Waals surface area contributed by atoms with Crippen LogP contribution in [-0.4, -0.2) is 64.2 Å². The number of hydrogen-bond acceptors (Lipinski definition) is 6. The minimum atomic E-state index is -0.293. The third-order valence-corrected chi connectivity index (χ3v) is 7.12. The normalized spacial score (nSPS) is 24.2. The van der Waals surface area contributed by atoms with Gasteiger partial charge in [0.15, 0.2) is 0 Å². The van der Waals surface area contributed by atoms with Crippen LogP contribution in [-0.2, 0) is 19.2 Å². The average molecular weight is 452 g/mol. The van der Waals surface area contributed by atoms with Crippen molar-refractivity contribution in [1.82, 2.24) is 26.4 Å². The second-order valence-electron chi connectivity index (χ2n) is 7.94. The van der Waals surface area contributed by atoms with Crippen molar-refractivity contribution in [3.63, 3.8) is 0 Å². The summed E-state index contributed by atoms with van der Waals surface area (Å²) in [6.45, 7) is 0.354. The molecule has 170 valence electrons. The summed E-state index contributed by atoms with van der Waals surface area (Å²) in [6.07, 6.45) is 7.62. The summed E-state index contributed by atoms with van der Waals surface area (Å²) in [6, 6.07) is 0.298. The number of carbonyl (C=O) groups is 5. The molecule has 0 aliphatic carbocycles. The molecule has 2 saturated heterocycles. The standard InChI is InChI=1S/C20H29N5O5S/c26-15(7-2-1-5-11-25-17(28)9-10-18(25)29)23-24-16(27)8-4-3-6-14-19-13(12-31-14)21-20(30)22-19/h9-10,13-14,19H,1-8,11-12H2,(H,23,26)(H,24,27)(H2,21,22,30)/t13?,14-,19?/m0/s1. The van der Waals surface area contributed by atoms with E-state index >= 15 is 0 Å². The van der Waals surface area contributed by atoms with Gasteiger partial charge in [-0.25, -0.2) is 4.79 Å². The van der Waals surface area contributed by atoms with Gasteiger partial charge in [0.1, 0.15) is 0 Å². The molecule has 0 spiro atoms. The number of hydrazine groups is 1. The Balaban J connectivity index is 1.16. The largest absolute Gasteiger partial charge is 0.332 e. The molecule has 6 amide bonds. The van der Waals surface area contributed by atoms with Crippen LogP contribution in [0, 0.1) is 0 Å². The molecule has 3 rings (SSSR count). The Hall–Kier alpha value is -2.56. The lowest BCUT2D eigenvalue weighted by Crippen LogP contribution is -2.41. The predicted octanol–water partition coefficient (Wildman–Crippen LogP) is 0.345. The number of nitrogens with zero attached hydrogens (tertiary/aromatic N) is 1. The van der Waals surface area contributed by atoms with Gasteiger partial charge in [0.2, 0.25) is 11.8 Å². The van der Waals surface area contributed by atoms with Crippen LogP contribution in [0.5, 0.6) is 0 Å². The van der Waals surface area contributed by atoms with Crippen molar-refractivity contribution in [2.24, 2.45) is 0 Å². The number of rotatable bonds is 11. The molecule has 3 aliphatic rings. The van der Waals surface area contributed by atoms with Crippen molar-refractivity contribution in [2.75, 3.05) is 12.3 Å². The molecule has 4 N–H and O–H groups in total. The molecule has 0 saturated carbocycles. The van der Waals surface area contributed by atoms with Crippen molar-refractivity contribution >= 4 is 41.4 Å². The molecule has 0 aromatic carbocycles. The summed E-state index contributed by atoms with van der Waals surface area (Å²) < 4.78 is 0. The number of imide groups is 1. The maximum absolute atomic E-state index is 11.9. The third kappa shape index (κ3) is 6.71. The first-order chi connectivity index (χ1) is 14.9. The Morgan fingerprint density at radius 3 is 2.26 bits per heavy atom. The third-order valence-electron chi connectivity index (χ3n) is 5.61. The zero-order valence-corrected chi connectivity index (χ0v) is 18.2. The molecule has 3 atom stereocenters. The van der Waals surface area contributed by atoms with Crippen LogP contribution in [0.4, 0.5) is 4.79 Å². The van der Waals surface area contributed by atoms with E-state index in [0.717, 1.165) is 25.0 Å². The van der Waals surface area contributed by atoms with Crippen LogP contribution in [0.3, 0.4) is 0 Å². The number of nitrogens with one attached hydrogen (secondary N) is 4. The van der Waals surface area contributed by atoms with Gasteiger partial charge in [-0.2, -0.15) is 11.8 Å². The number of fused-ring (bicyclic) bond motifs is 1. The van der Waals surface area contributed by atoms with Crippen LogP contribution in [0.25, 0.3) is 0 Å².